The normalized spacial score (nSPS) is 11.4. The van der Waals surface area contributed by atoms with E-state index in [0.717, 1.165) is 16.7 Å². The molecule has 3 nitrogen and oxygen atoms in total. The van der Waals surface area contributed by atoms with Gasteiger partial charge >= 0.3 is 0 Å². The van der Waals surface area contributed by atoms with Gasteiger partial charge in [-0.1, -0.05) is 48.0 Å². The van der Waals surface area contributed by atoms with E-state index in [1.165, 1.54) is 0 Å². The highest BCUT2D eigenvalue weighted by molar-refractivity contribution is 5.96. The predicted octanol–water partition coefficient (Wildman–Crippen LogP) is 3.30. The SMILES string of the molecule is Cc1ccc(C(=O)NC(C#N)c2ccccc2)c(C)c1. The largest absolute Gasteiger partial charge is 0.332 e. The fourth-order valence-corrected chi connectivity index (χ4v) is 2.11. The van der Waals surface area contributed by atoms with E-state index in [4.69, 9.17) is 0 Å². The van der Waals surface area contributed by atoms with Crippen LogP contribution in [0.5, 0.6) is 0 Å². The van der Waals surface area contributed by atoms with Crippen molar-refractivity contribution in [1.29, 1.82) is 5.26 Å². The summed E-state index contributed by atoms with van der Waals surface area (Å²) in [4.78, 5) is 12.3. The van der Waals surface area contributed by atoms with E-state index in [9.17, 15) is 10.1 Å². The van der Waals surface area contributed by atoms with Crippen LogP contribution in [0.25, 0.3) is 0 Å². The van der Waals surface area contributed by atoms with Gasteiger partial charge in [-0.2, -0.15) is 5.26 Å². The number of carbonyl (C=O) groups excluding carboxylic acids is 1. The van der Waals surface area contributed by atoms with Crippen molar-refractivity contribution in [3.8, 4) is 6.07 Å². The van der Waals surface area contributed by atoms with E-state index < -0.39 is 6.04 Å². The van der Waals surface area contributed by atoms with Crippen molar-refractivity contribution in [2.45, 2.75) is 19.9 Å². The van der Waals surface area contributed by atoms with Crippen LogP contribution in [0.4, 0.5) is 0 Å². The molecule has 0 fully saturated rings. The number of rotatable bonds is 3. The van der Waals surface area contributed by atoms with Gasteiger partial charge in [-0.05, 0) is 31.0 Å². The highest BCUT2D eigenvalue weighted by Crippen LogP contribution is 2.15. The molecule has 1 amide bonds. The number of nitrogens with one attached hydrogen (secondary N) is 1. The number of nitrogens with zero attached hydrogens (tertiary/aromatic N) is 1. The molecule has 3 heteroatoms. The van der Waals surface area contributed by atoms with Crippen LogP contribution in [0, 0.1) is 25.2 Å². The summed E-state index contributed by atoms with van der Waals surface area (Å²) in [5, 5.41) is 12.0. The summed E-state index contributed by atoms with van der Waals surface area (Å²) in [5.74, 6) is -0.224. The van der Waals surface area contributed by atoms with E-state index in [1.54, 1.807) is 6.07 Å². The lowest BCUT2D eigenvalue weighted by Gasteiger charge is -2.13. The Morgan fingerprint density at radius 2 is 1.85 bits per heavy atom. The minimum Gasteiger partial charge on any atom is -0.332 e. The Bertz CT molecular complexity index is 656. The second-order valence-corrected chi connectivity index (χ2v) is 4.76. The number of hydrogen-bond donors (Lipinski definition) is 1. The first-order valence-electron chi connectivity index (χ1n) is 6.44. The molecule has 0 aromatic heterocycles. The molecule has 0 heterocycles. The second kappa shape index (κ2) is 6.03. The fraction of sp³-hybridized carbons (Fsp3) is 0.176. The summed E-state index contributed by atoms with van der Waals surface area (Å²) in [6.07, 6.45) is 0. The second-order valence-electron chi connectivity index (χ2n) is 4.76. The molecule has 0 aliphatic rings. The van der Waals surface area contributed by atoms with Crippen molar-refractivity contribution in [3.63, 3.8) is 0 Å². The Hall–Kier alpha value is -2.60. The average Bonchev–Trinajstić information content (AvgIpc) is 2.45. The molecule has 1 N–H and O–H groups in total. The van der Waals surface area contributed by atoms with E-state index >= 15 is 0 Å². The Morgan fingerprint density at radius 3 is 2.45 bits per heavy atom. The zero-order valence-corrected chi connectivity index (χ0v) is 11.6. The maximum atomic E-state index is 12.3. The van der Waals surface area contributed by atoms with Crippen molar-refractivity contribution in [1.82, 2.24) is 5.32 Å². The first-order valence-corrected chi connectivity index (χ1v) is 6.44. The summed E-state index contributed by atoms with van der Waals surface area (Å²) in [5.41, 5.74) is 3.41. The molecule has 2 aromatic rings. The van der Waals surface area contributed by atoms with Crippen LogP contribution in [-0.4, -0.2) is 5.91 Å². The standard InChI is InChI=1S/C17H16N2O/c1-12-8-9-15(13(2)10-12)17(20)19-16(11-18)14-6-4-3-5-7-14/h3-10,16H,1-2H3,(H,19,20). The molecule has 0 bridgehead atoms. The molecule has 0 aliphatic carbocycles. The Balaban J connectivity index is 2.20. The quantitative estimate of drug-likeness (QED) is 0.924. The molecule has 0 aliphatic heterocycles. The van der Waals surface area contributed by atoms with Crippen LogP contribution in [0.15, 0.2) is 48.5 Å². The number of nitriles is 1. The van der Waals surface area contributed by atoms with Crippen LogP contribution in [-0.2, 0) is 0 Å². The van der Waals surface area contributed by atoms with Gasteiger partial charge in [-0.3, -0.25) is 4.79 Å². The van der Waals surface area contributed by atoms with Crippen LogP contribution in [0.2, 0.25) is 0 Å². The molecule has 0 saturated heterocycles. The third-order valence-electron chi connectivity index (χ3n) is 3.16. The van der Waals surface area contributed by atoms with Crippen LogP contribution < -0.4 is 5.32 Å². The van der Waals surface area contributed by atoms with Crippen molar-refractivity contribution in [3.05, 3.63) is 70.8 Å². The Morgan fingerprint density at radius 1 is 1.15 bits per heavy atom. The summed E-state index contributed by atoms with van der Waals surface area (Å²) in [7, 11) is 0. The lowest BCUT2D eigenvalue weighted by atomic mass is 10.0. The Labute approximate surface area is 118 Å². The molecular formula is C17H16N2O. The van der Waals surface area contributed by atoms with Crippen LogP contribution in [0.3, 0.4) is 0 Å². The molecular weight excluding hydrogens is 248 g/mol. The van der Waals surface area contributed by atoms with Gasteiger partial charge in [0.15, 0.2) is 0 Å². The lowest BCUT2D eigenvalue weighted by molar-refractivity contribution is 0.0944. The number of carbonyl (C=O) groups is 1. The van der Waals surface area contributed by atoms with Gasteiger partial charge in [0.05, 0.1) is 6.07 Å². The van der Waals surface area contributed by atoms with E-state index in [-0.39, 0.29) is 5.91 Å². The third kappa shape index (κ3) is 3.04. The highest BCUT2D eigenvalue weighted by Gasteiger charge is 2.16. The molecule has 20 heavy (non-hydrogen) atoms. The first-order chi connectivity index (χ1) is 9.61. The van der Waals surface area contributed by atoms with Gasteiger partial charge in [0.2, 0.25) is 0 Å². The maximum absolute atomic E-state index is 12.3. The van der Waals surface area contributed by atoms with Gasteiger partial charge in [0.1, 0.15) is 6.04 Å². The van der Waals surface area contributed by atoms with Gasteiger partial charge in [-0.15, -0.1) is 0 Å². The number of hydrogen-bond acceptors (Lipinski definition) is 2. The predicted molar refractivity (Wildman–Crippen MR) is 78.2 cm³/mol. The summed E-state index contributed by atoms with van der Waals surface area (Å²) < 4.78 is 0. The zero-order chi connectivity index (χ0) is 14.5. The summed E-state index contributed by atoms with van der Waals surface area (Å²) in [6, 6.07) is 16.4. The van der Waals surface area contributed by atoms with Crippen molar-refractivity contribution in [2.24, 2.45) is 0 Å². The first kappa shape index (κ1) is 13.8. The van der Waals surface area contributed by atoms with Crippen LogP contribution in [0.1, 0.15) is 33.1 Å². The van der Waals surface area contributed by atoms with Crippen molar-refractivity contribution in [2.75, 3.05) is 0 Å². The van der Waals surface area contributed by atoms with Gasteiger partial charge in [0, 0.05) is 5.56 Å². The van der Waals surface area contributed by atoms with Crippen molar-refractivity contribution >= 4 is 5.91 Å². The van der Waals surface area contributed by atoms with Gasteiger partial charge in [0.25, 0.3) is 5.91 Å². The van der Waals surface area contributed by atoms with E-state index in [0.29, 0.717) is 5.56 Å². The zero-order valence-electron chi connectivity index (χ0n) is 11.6. The van der Waals surface area contributed by atoms with Gasteiger partial charge < -0.3 is 5.32 Å². The lowest BCUT2D eigenvalue weighted by Crippen LogP contribution is -2.28. The summed E-state index contributed by atoms with van der Waals surface area (Å²) >= 11 is 0. The maximum Gasteiger partial charge on any atom is 0.252 e. The average molecular weight is 264 g/mol. The molecule has 1 atom stereocenters. The smallest absolute Gasteiger partial charge is 0.252 e. The molecule has 0 radical (unpaired) electrons. The molecule has 1 unspecified atom stereocenters. The van der Waals surface area contributed by atoms with E-state index in [2.05, 4.69) is 11.4 Å². The number of benzene rings is 2. The fourth-order valence-electron chi connectivity index (χ4n) is 2.11. The van der Waals surface area contributed by atoms with Crippen molar-refractivity contribution < 1.29 is 4.79 Å². The summed E-state index contributed by atoms with van der Waals surface area (Å²) in [6.45, 7) is 3.88. The minimum atomic E-state index is -0.635. The van der Waals surface area contributed by atoms with E-state index in [1.807, 2.05) is 56.3 Å². The molecule has 0 saturated carbocycles. The monoisotopic (exact) mass is 264 g/mol. The number of aryl methyl sites for hydroxylation is 2. The number of amides is 1. The molecule has 2 aromatic carbocycles. The minimum absolute atomic E-state index is 0.224. The topological polar surface area (TPSA) is 52.9 Å². The van der Waals surface area contributed by atoms with Crippen LogP contribution >= 0.6 is 0 Å². The molecule has 100 valence electrons. The molecule has 0 spiro atoms. The highest BCUT2D eigenvalue weighted by atomic mass is 16.1. The third-order valence-corrected chi connectivity index (χ3v) is 3.16. The van der Waals surface area contributed by atoms with Gasteiger partial charge in [-0.25, -0.2) is 0 Å². The molecule has 2 rings (SSSR count). The Kier molecular flexibility index (Phi) is 4.17.